The Morgan fingerprint density at radius 1 is 1.18 bits per heavy atom. The van der Waals surface area contributed by atoms with E-state index in [1.165, 1.54) is 24.3 Å². The largest absolute Gasteiger partial charge is 0.303 e. The van der Waals surface area contributed by atoms with Gasteiger partial charge < -0.3 is 4.90 Å². The molecule has 6 nitrogen and oxygen atoms in total. The van der Waals surface area contributed by atoms with Gasteiger partial charge in [0.1, 0.15) is 4.90 Å². The van der Waals surface area contributed by atoms with Gasteiger partial charge in [-0.05, 0) is 12.1 Å². The van der Waals surface area contributed by atoms with Crippen molar-refractivity contribution >= 4 is 27.5 Å². The Bertz CT molecular complexity index is 592. The van der Waals surface area contributed by atoms with Crippen LogP contribution in [0.1, 0.15) is 6.42 Å². The number of hydrogen-bond acceptors (Lipinski definition) is 4. The van der Waals surface area contributed by atoms with E-state index in [1.807, 2.05) is 0 Å². The predicted octanol–water partition coefficient (Wildman–Crippen LogP) is 0.239. The molecular weight excluding hydrogens is 246 g/mol. The van der Waals surface area contributed by atoms with Gasteiger partial charge in [0, 0.05) is 0 Å². The molecule has 0 radical (unpaired) electrons. The maximum atomic E-state index is 11.5. The molecule has 0 unspecified atom stereocenters. The molecule has 1 N–H and O–H groups in total. The molecule has 1 saturated heterocycles. The molecule has 1 aromatic rings. The predicted molar refractivity (Wildman–Crippen MR) is 58.2 cm³/mol. The lowest BCUT2D eigenvalue weighted by Gasteiger charge is -2.17. The van der Waals surface area contributed by atoms with E-state index < -0.39 is 16.0 Å². The molecule has 1 aliphatic heterocycles. The van der Waals surface area contributed by atoms with Crippen LogP contribution < -0.4 is 4.90 Å². The zero-order valence-electron chi connectivity index (χ0n) is 8.66. The van der Waals surface area contributed by atoms with Gasteiger partial charge in [0.05, 0.1) is 18.7 Å². The van der Waals surface area contributed by atoms with Crippen molar-refractivity contribution in [3.63, 3.8) is 0 Å². The molecule has 2 rings (SSSR count). The summed E-state index contributed by atoms with van der Waals surface area (Å²) >= 11 is 0. The standard InChI is InChI=1S/C10H9NO5S/c12-7-5-10(13)11(6-7)8-3-1-2-4-9(8)17(14,15)16/h1-4H,5-6H2,(H,14,15,16). The quantitative estimate of drug-likeness (QED) is 0.603. The number of ketones is 1. The van der Waals surface area contributed by atoms with Crippen molar-refractivity contribution in [3.8, 4) is 0 Å². The van der Waals surface area contributed by atoms with Gasteiger partial charge in [0.25, 0.3) is 10.1 Å². The summed E-state index contributed by atoms with van der Waals surface area (Å²) in [5, 5.41) is 0. The summed E-state index contributed by atoms with van der Waals surface area (Å²) in [7, 11) is -4.42. The van der Waals surface area contributed by atoms with E-state index in [2.05, 4.69) is 0 Å². The van der Waals surface area contributed by atoms with Gasteiger partial charge in [0.15, 0.2) is 5.78 Å². The Hall–Kier alpha value is -1.73. The number of para-hydroxylation sites is 1. The molecule has 0 saturated carbocycles. The number of hydrogen-bond donors (Lipinski definition) is 1. The van der Waals surface area contributed by atoms with E-state index in [9.17, 15) is 18.0 Å². The van der Waals surface area contributed by atoms with Crippen molar-refractivity contribution in [3.05, 3.63) is 24.3 Å². The van der Waals surface area contributed by atoms with Gasteiger partial charge >= 0.3 is 0 Å². The minimum Gasteiger partial charge on any atom is -0.303 e. The number of nitrogens with zero attached hydrogens (tertiary/aromatic N) is 1. The fraction of sp³-hybridized carbons (Fsp3) is 0.200. The van der Waals surface area contributed by atoms with Crippen molar-refractivity contribution in [1.82, 2.24) is 0 Å². The van der Waals surface area contributed by atoms with Crippen molar-refractivity contribution in [2.45, 2.75) is 11.3 Å². The molecule has 1 heterocycles. The SMILES string of the molecule is O=C1CC(=O)N(c2ccccc2S(=O)(=O)O)C1. The van der Waals surface area contributed by atoms with Gasteiger partial charge in [0.2, 0.25) is 5.91 Å². The van der Waals surface area contributed by atoms with Crippen molar-refractivity contribution in [1.29, 1.82) is 0 Å². The maximum Gasteiger partial charge on any atom is 0.296 e. The van der Waals surface area contributed by atoms with Crippen molar-refractivity contribution < 1.29 is 22.6 Å². The monoisotopic (exact) mass is 255 g/mol. The smallest absolute Gasteiger partial charge is 0.296 e. The number of Topliss-reactive ketones (excluding diaryl/α,β-unsaturated/α-hetero) is 1. The van der Waals surface area contributed by atoms with Crippen LogP contribution in [0, 0.1) is 0 Å². The summed E-state index contributed by atoms with van der Waals surface area (Å²) in [5.74, 6) is -0.744. The number of carbonyl (C=O) groups is 2. The Morgan fingerprint density at radius 3 is 2.35 bits per heavy atom. The first kappa shape index (κ1) is 11.7. The molecular formula is C10H9NO5S. The second-order valence-electron chi connectivity index (χ2n) is 3.64. The van der Waals surface area contributed by atoms with Gasteiger partial charge in [-0.3, -0.25) is 14.1 Å². The van der Waals surface area contributed by atoms with Crippen molar-refractivity contribution in [2.75, 3.05) is 11.4 Å². The van der Waals surface area contributed by atoms with E-state index in [1.54, 1.807) is 0 Å². The van der Waals surface area contributed by atoms with Gasteiger partial charge in [-0.25, -0.2) is 0 Å². The van der Waals surface area contributed by atoms with E-state index in [4.69, 9.17) is 4.55 Å². The summed E-state index contributed by atoms with van der Waals surface area (Å²) < 4.78 is 31.3. The zero-order valence-corrected chi connectivity index (χ0v) is 9.48. The maximum absolute atomic E-state index is 11.5. The highest BCUT2D eigenvalue weighted by atomic mass is 32.2. The lowest BCUT2D eigenvalue weighted by atomic mass is 10.3. The molecule has 0 aliphatic carbocycles. The zero-order chi connectivity index (χ0) is 12.6. The number of rotatable bonds is 2. The lowest BCUT2D eigenvalue weighted by Crippen LogP contribution is -2.26. The molecule has 17 heavy (non-hydrogen) atoms. The third kappa shape index (κ3) is 2.20. The van der Waals surface area contributed by atoms with Crippen LogP contribution in [0.25, 0.3) is 0 Å². The van der Waals surface area contributed by atoms with Crippen LogP contribution >= 0.6 is 0 Å². The van der Waals surface area contributed by atoms with E-state index in [0.717, 1.165) is 4.90 Å². The topological polar surface area (TPSA) is 91.8 Å². The van der Waals surface area contributed by atoms with Crippen LogP contribution in [-0.2, 0) is 19.7 Å². The molecule has 1 aliphatic rings. The van der Waals surface area contributed by atoms with Crippen LogP contribution in [-0.4, -0.2) is 31.2 Å². The molecule has 0 spiro atoms. The van der Waals surface area contributed by atoms with Gasteiger partial charge in [-0.1, -0.05) is 12.1 Å². The summed E-state index contributed by atoms with van der Waals surface area (Å²) in [6, 6.07) is 5.51. The second kappa shape index (κ2) is 3.94. The van der Waals surface area contributed by atoms with Crippen LogP contribution in [0.5, 0.6) is 0 Å². The third-order valence-electron chi connectivity index (χ3n) is 2.42. The minimum atomic E-state index is -4.42. The van der Waals surface area contributed by atoms with E-state index in [0.29, 0.717) is 0 Å². The Kier molecular flexibility index (Phi) is 2.72. The highest BCUT2D eigenvalue weighted by molar-refractivity contribution is 7.86. The third-order valence-corrected chi connectivity index (χ3v) is 3.32. The van der Waals surface area contributed by atoms with Crippen LogP contribution in [0.15, 0.2) is 29.2 Å². The van der Waals surface area contributed by atoms with Crippen molar-refractivity contribution in [2.24, 2.45) is 0 Å². The Morgan fingerprint density at radius 2 is 1.82 bits per heavy atom. The van der Waals surface area contributed by atoms with Crippen LogP contribution in [0.3, 0.4) is 0 Å². The second-order valence-corrected chi connectivity index (χ2v) is 5.03. The van der Waals surface area contributed by atoms with Crippen LogP contribution in [0.4, 0.5) is 5.69 Å². The number of benzene rings is 1. The Balaban J connectivity index is 2.54. The fourth-order valence-electron chi connectivity index (χ4n) is 1.70. The summed E-state index contributed by atoms with van der Waals surface area (Å²) in [5.41, 5.74) is 0.0332. The molecule has 0 atom stereocenters. The number of carbonyl (C=O) groups excluding carboxylic acids is 2. The molecule has 0 aromatic heterocycles. The number of anilines is 1. The van der Waals surface area contributed by atoms with Crippen LogP contribution in [0.2, 0.25) is 0 Å². The molecule has 7 heteroatoms. The lowest BCUT2D eigenvalue weighted by molar-refractivity contribution is -0.121. The molecule has 1 fully saturated rings. The van der Waals surface area contributed by atoms with E-state index in [-0.39, 0.29) is 29.3 Å². The van der Waals surface area contributed by atoms with E-state index >= 15 is 0 Å². The highest BCUT2D eigenvalue weighted by Crippen LogP contribution is 2.27. The van der Waals surface area contributed by atoms with Gasteiger partial charge in [-0.15, -0.1) is 0 Å². The molecule has 1 amide bonds. The average molecular weight is 255 g/mol. The summed E-state index contributed by atoms with van der Waals surface area (Å²) in [6.07, 6.45) is -0.236. The highest BCUT2D eigenvalue weighted by Gasteiger charge is 2.31. The first-order valence-corrected chi connectivity index (χ1v) is 6.22. The van der Waals surface area contributed by atoms with Gasteiger partial charge in [-0.2, -0.15) is 8.42 Å². The minimum absolute atomic E-state index is 0.0332. The first-order chi connectivity index (χ1) is 7.89. The summed E-state index contributed by atoms with van der Waals surface area (Å²) in [6.45, 7) is -0.161. The summed E-state index contributed by atoms with van der Waals surface area (Å²) in [4.78, 5) is 23.3. The normalized spacial score (nSPS) is 16.6. The first-order valence-electron chi connectivity index (χ1n) is 4.78. The Labute approximate surface area is 97.6 Å². The molecule has 90 valence electrons. The average Bonchev–Trinajstić information content (AvgIpc) is 2.56. The molecule has 1 aromatic carbocycles. The molecule has 0 bridgehead atoms. The fourth-order valence-corrected chi connectivity index (χ4v) is 2.40. The number of amides is 1.